The first-order valence-corrected chi connectivity index (χ1v) is 5.90. The van der Waals surface area contributed by atoms with Crippen molar-refractivity contribution < 1.29 is 14.7 Å². The van der Waals surface area contributed by atoms with Crippen molar-refractivity contribution in [1.82, 2.24) is 0 Å². The summed E-state index contributed by atoms with van der Waals surface area (Å²) in [5.41, 5.74) is 0.287. The predicted octanol–water partition coefficient (Wildman–Crippen LogP) is 2.86. The van der Waals surface area contributed by atoms with Crippen LogP contribution in [0.4, 0.5) is 5.69 Å². The summed E-state index contributed by atoms with van der Waals surface area (Å²) in [6.07, 6.45) is 0. The highest BCUT2D eigenvalue weighted by Gasteiger charge is 2.35. The van der Waals surface area contributed by atoms with Gasteiger partial charge in [-0.25, -0.2) is 0 Å². The van der Waals surface area contributed by atoms with Crippen molar-refractivity contribution in [3.05, 3.63) is 29.8 Å². The van der Waals surface area contributed by atoms with Gasteiger partial charge in [0.25, 0.3) is 0 Å². The lowest BCUT2D eigenvalue weighted by Gasteiger charge is -2.19. The SMILES string of the molecule is CC(C)c1cccc(NC(=O)C(C)(C)C(=O)O)c1. The zero-order chi connectivity index (χ0) is 13.9. The van der Waals surface area contributed by atoms with Crippen molar-refractivity contribution in [2.24, 2.45) is 5.41 Å². The zero-order valence-electron chi connectivity index (χ0n) is 11.2. The number of aliphatic carboxylic acids is 1. The van der Waals surface area contributed by atoms with E-state index in [2.05, 4.69) is 19.2 Å². The van der Waals surface area contributed by atoms with Crippen molar-refractivity contribution in [3.63, 3.8) is 0 Å². The van der Waals surface area contributed by atoms with E-state index in [1.165, 1.54) is 13.8 Å². The van der Waals surface area contributed by atoms with E-state index < -0.39 is 17.3 Å². The number of anilines is 1. The molecule has 0 radical (unpaired) electrons. The number of benzene rings is 1. The van der Waals surface area contributed by atoms with Gasteiger partial charge in [0.15, 0.2) is 0 Å². The molecule has 0 aliphatic heterocycles. The van der Waals surface area contributed by atoms with Crippen LogP contribution in [0.1, 0.15) is 39.2 Å². The summed E-state index contributed by atoms with van der Waals surface area (Å²) in [6, 6.07) is 7.43. The van der Waals surface area contributed by atoms with Crippen molar-refractivity contribution in [1.29, 1.82) is 0 Å². The number of hydrogen-bond donors (Lipinski definition) is 2. The highest BCUT2D eigenvalue weighted by molar-refractivity contribution is 6.07. The second kappa shape index (κ2) is 5.21. The molecule has 0 unspecified atom stereocenters. The van der Waals surface area contributed by atoms with E-state index in [1.807, 2.05) is 18.2 Å². The van der Waals surface area contributed by atoms with Gasteiger partial charge in [-0.3, -0.25) is 9.59 Å². The van der Waals surface area contributed by atoms with E-state index in [0.717, 1.165) is 5.56 Å². The molecule has 0 atom stereocenters. The Bertz CT molecular complexity index is 464. The van der Waals surface area contributed by atoms with Gasteiger partial charge >= 0.3 is 5.97 Å². The third-order valence-corrected chi connectivity index (χ3v) is 2.91. The molecule has 0 aromatic heterocycles. The smallest absolute Gasteiger partial charge is 0.318 e. The van der Waals surface area contributed by atoms with Crippen LogP contribution in [-0.2, 0) is 9.59 Å². The summed E-state index contributed by atoms with van der Waals surface area (Å²) in [4.78, 5) is 22.8. The molecule has 1 amide bonds. The van der Waals surface area contributed by atoms with Crippen LogP contribution in [0, 0.1) is 5.41 Å². The Morgan fingerprint density at radius 2 is 1.89 bits per heavy atom. The number of nitrogens with one attached hydrogen (secondary N) is 1. The second-order valence-electron chi connectivity index (χ2n) is 5.16. The second-order valence-corrected chi connectivity index (χ2v) is 5.16. The van der Waals surface area contributed by atoms with E-state index >= 15 is 0 Å². The lowest BCUT2D eigenvalue weighted by molar-refractivity contribution is -0.151. The van der Waals surface area contributed by atoms with Gasteiger partial charge in [0.05, 0.1) is 0 Å². The van der Waals surface area contributed by atoms with Crippen LogP contribution < -0.4 is 5.32 Å². The lowest BCUT2D eigenvalue weighted by atomic mass is 9.92. The molecule has 1 aromatic rings. The Hall–Kier alpha value is -1.84. The van der Waals surface area contributed by atoms with Crippen LogP contribution in [-0.4, -0.2) is 17.0 Å². The molecule has 1 rings (SSSR count). The van der Waals surface area contributed by atoms with Crippen LogP contribution in [0.3, 0.4) is 0 Å². The first-order chi connectivity index (χ1) is 8.25. The van der Waals surface area contributed by atoms with E-state index in [0.29, 0.717) is 11.6 Å². The number of carboxylic acids is 1. The number of carbonyl (C=O) groups excluding carboxylic acids is 1. The minimum Gasteiger partial charge on any atom is -0.480 e. The molecule has 4 heteroatoms. The molecule has 4 nitrogen and oxygen atoms in total. The first-order valence-electron chi connectivity index (χ1n) is 5.90. The standard InChI is InChI=1S/C14H19NO3/c1-9(2)10-6-5-7-11(8-10)15-12(16)14(3,4)13(17)18/h5-9H,1-4H3,(H,15,16)(H,17,18). The number of hydrogen-bond acceptors (Lipinski definition) is 2. The number of carboxylic acid groups (broad SMARTS) is 1. The number of carbonyl (C=O) groups is 2. The predicted molar refractivity (Wildman–Crippen MR) is 70.6 cm³/mol. The van der Waals surface area contributed by atoms with Crippen LogP contribution in [0.25, 0.3) is 0 Å². The summed E-state index contributed by atoms with van der Waals surface area (Å²) in [7, 11) is 0. The van der Waals surface area contributed by atoms with Crippen LogP contribution in [0.15, 0.2) is 24.3 Å². The molecule has 0 bridgehead atoms. The fourth-order valence-corrected chi connectivity index (χ4v) is 1.36. The third kappa shape index (κ3) is 3.09. The molecule has 0 saturated heterocycles. The van der Waals surface area contributed by atoms with Crippen molar-refractivity contribution in [3.8, 4) is 0 Å². The fraction of sp³-hybridized carbons (Fsp3) is 0.429. The van der Waals surface area contributed by atoms with E-state index in [1.54, 1.807) is 6.07 Å². The summed E-state index contributed by atoms with van der Waals surface area (Å²) in [5, 5.41) is 11.6. The fourth-order valence-electron chi connectivity index (χ4n) is 1.36. The number of rotatable bonds is 4. The third-order valence-electron chi connectivity index (χ3n) is 2.91. The number of amides is 1. The van der Waals surface area contributed by atoms with Gasteiger partial charge in [-0.2, -0.15) is 0 Å². The van der Waals surface area contributed by atoms with Crippen molar-refractivity contribution in [2.75, 3.05) is 5.32 Å². The van der Waals surface area contributed by atoms with Crippen molar-refractivity contribution >= 4 is 17.6 Å². The van der Waals surface area contributed by atoms with Gasteiger partial charge in [0.2, 0.25) is 5.91 Å². The minimum atomic E-state index is -1.44. The first kappa shape index (κ1) is 14.2. The van der Waals surface area contributed by atoms with Gasteiger partial charge in [0.1, 0.15) is 5.41 Å². The normalized spacial score (nSPS) is 11.4. The van der Waals surface area contributed by atoms with Gasteiger partial charge in [-0.15, -0.1) is 0 Å². The maximum atomic E-state index is 11.9. The summed E-state index contributed by atoms with van der Waals surface area (Å²) in [6.45, 7) is 6.89. The monoisotopic (exact) mass is 249 g/mol. The van der Waals surface area contributed by atoms with Gasteiger partial charge in [-0.1, -0.05) is 26.0 Å². The van der Waals surface area contributed by atoms with E-state index in [9.17, 15) is 9.59 Å². The van der Waals surface area contributed by atoms with Crippen LogP contribution in [0.2, 0.25) is 0 Å². The summed E-state index contributed by atoms with van der Waals surface area (Å²) < 4.78 is 0. The Morgan fingerprint density at radius 1 is 1.28 bits per heavy atom. The highest BCUT2D eigenvalue weighted by atomic mass is 16.4. The van der Waals surface area contributed by atoms with Gasteiger partial charge in [-0.05, 0) is 37.5 Å². The highest BCUT2D eigenvalue weighted by Crippen LogP contribution is 2.22. The van der Waals surface area contributed by atoms with E-state index in [-0.39, 0.29) is 0 Å². The molecule has 0 fully saturated rings. The molecule has 0 saturated carbocycles. The molecule has 18 heavy (non-hydrogen) atoms. The molecule has 1 aromatic carbocycles. The quantitative estimate of drug-likeness (QED) is 0.806. The minimum absolute atomic E-state index is 0.356. The Balaban J connectivity index is 2.89. The maximum Gasteiger partial charge on any atom is 0.318 e. The molecule has 0 spiro atoms. The molecule has 0 aliphatic carbocycles. The topological polar surface area (TPSA) is 66.4 Å². The van der Waals surface area contributed by atoms with Gasteiger partial charge in [0, 0.05) is 5.69 Å². The van der Waals surface area contributed by atoms with E-state index in [4.69, 9.17) is 5.11 Å². The van der Waals surface area contributed by atoms with Crippen LogP contribution in [0.5, 0.6) is 0 Å². The molecule has 98 valence electrons. The average Bonchev–Trinajstić information content (AvgIpc) is 2.28. The lowest BCUT2D eigenvalue weighted by Crippen LogP contribution is -2.37. The maximum absolute atomic E-state index is 11.9. The van der Waals surface area contributed by atoms with Crippen LogP contribution >= 0.6 is 0 Å². The molecule has 2 N–H and O–H groups in total. The summed E-state index contributed by atoms with van der Waals surface area (Å²) >= 11 is 0. The Morgan fingerprint density at radius 3 is 2.39 bits per heavy atom. The zero-order valence-corrected chi connectivity index (χ0v) is 11.2. The largest absolute Gasteiger partial charge is 0.480 e. The molecular weight excluding hydrogens is 230 g/mol. The Labute approximate surface area is 107 Å². The van der Waals surface area contributed by atoms with Crippen molar-refractivity contribution in [2.45, 2.75) is 33.6 Å². The Kier molecular flexibility index (Phi) is 4.11. The molecule has 0 aliphatic rings. The molecular formula is C14H19NO3. The van der Waals surface area contributed by atoms with Gasteiger partial charge < -0.3 is 10.4 Å². The molecule has 0 heterocycles. The average molecular weight is 249 g/mol. The summed E-state index contributed by atoms with van der Waals surface area (Å²) in [5.74, 6) is -1.30.